The molecule has 0 bridgehead atoms. The standard InChI is InChI=1S/C13H19BO2/c1-4-5-6-7-14-15-12-9-10(2)8-11(3)13(12)16-14/h8-9H,4-7H2,1-3H3. The SMILES string of the molecule is CCCCCB1Oc2cc(C)cc(C)c2O1. The number of aryl methyl sites for hydroxylation is 2. The number of hydrogen-bond acceptors (Lipinski definition) is 2. The van der Waals surface area contributed by atoms with Crippen molar-refractivity contribution in [2.24, 2.45) is 0 Å². The third-order valence-electron chi connectivity index (χ3n) is 2.94. The van der Waals surface area contributed by atoms with Gasteiger partial charge in [0.15, 0.2) is 0 Å². The average Bonchev–Trinajstić information content (AvgIpc) is 2.61. The summed E-state index contributed by atoms with van der Waals surface area (Å²) in [7, 11) is -0.0675. The summed E-state index contributed by atoms with van der Waals surface area (Å²) in [5.74, 6) is 1.85. The minimum absolute atomic E-state index is 0.0675. The Hall–Kier alpha value is -1.12. The van der Waals surface area contributed by atoms with E-state index < -0.39 is 0 Å². The molecule has 0 N–H and O–H groups in total. The Morgan fingerprint density at radius 2 is 1.94 bits per heavy atom. The van der Waals surface area contributed by atoms with Crippen LogP contribution in [0.25, 0.3) is 0 Å². The molecule has 0 saturated heterocycles. The third-order valence-corrected chi connectivity index (χ3v) is 2.94. The first-order chi connectivity index (χ1) is 7.70. The van der Waals surface area contributed by atoms with Crippen LogP contribution < -0.4 is 9.31 Å². The first-order valence-corrected chi connectivity index (χ1v) is 6.15. The molecule has 0 atom stereocenters. The molecule has 0 fully saturated rings. The van der Waals surface area contributed by atoms with Crippen molar-refractivity contribution in [3.05, 3.63) is 23.3 Å². The van der Waals surface area contributed by atoms with E-state index in [-0.39, 0.29) is 7.12 Å². The van der Waals surface area contributed by atoms with E-state index in [2.05, 4.69) is 32.9 Å². The van der Waals surface area contributed by atoms with Gasteiger partial charge in [0.1, 0.15) is 11.5 Å². The summed E-state index contributed by atoms with van der Waals surface area (Å²) >= 11 is 0. The molecule has 0 saturated carbocycles. The summed E-state index contributed by atoms with van der Waals surface area (Å²) in [5.41, 5.74) is 2.40. The van der Waals surface area contributed by atoms with Gasteiger partial charge in [0, 0.05) is 6.32 Å². The highest BCUT2D eigenvalue weighted by Crippen LogP contribution is 2.38. The number of benzene rings is 1. The molecule has 2 rings (SSSR count). The van der Waals surface area contributed by atoms with E-state index in [1.165, 1.54) is 30.4 Å². The van der Waals surface area contributed by atoms with Gasteiger partial charge in [-0.3, -0.25) is 0 Å². The highest BCUT2D eigenvalue weighted by molar-refractivity contribution is 6.47. The van der Waals surface area contributed by atoms with Gasteiger partial charge in [0.25, 0.3) is 0 Å². The molecule has 0 unspecified atom stereocenters. The Morgan fingerprint density at radius 3 is 2.69 bits per heavy atom. The van der Waals surface area contributed by atoms with Crippen LogP contribution in [0.1, 0.15) is 37.3 Å². The lowest BCUT2D eigenvalue weighted by Crippen LogP contribution is -2.23. The maximum absolute atomic E-state index is 5.82. The van der Waals surface area contributed by atoms with Crippen molar-refractivity contribution >= 4 is 7.12 Å². The zero-order valence-electron chi connectivity index (χ0n) is 10.4. The fourth-order valence-corrected chi connectivity index (χ4v) is 2.13. The van der Waals surface area contributed by atoms with Crippen molar-refractivity contribution < 1.29 is 9.31 Å². The van der Waals surface area contributed by atoms with Gasteiger partial charge in [-0.1, -0.05) is 32.3 Å². The summed E-state index contributed by atoms with van der Waals surface area (Å²) in [4.78, 5) is 0. The first-order valence-electron chi connectivity index (χ1n) is 6.15. The van der Waals surface area contributed by atoms with Crippen LogP contribution in [0.3, 0.4) is 0 Å². The summed E-state index contributed by atoms with van der Waals surface area (Å²) in [5, 5.41) is 0. The minimum atomic E-state index is -0.0675. The normalized spacial score (nSPS) is 13.3. The number of unbranched alkanes of at least 4 members (excludes halogenated alkanes) is 2. The molecule has 0 aliphatic carbocycles. The van der Waals surface area contributed by atoms with Gasteiger partial charge in [0.05, 0.1) is 0 Å². The van der Waals surface area contributed by atoms with E-state index >= 15 is 0 Å². The Bertz CT molecular complexity index is 376. The van der Waals surface area contributed by atoms with Crippen LogP contribution in [0.2, 0.25) is 6.32 Å². The molecular weight excluding hydrogens is 199 g/mol. The van der Waals surface area contributed by atoms with E-state index in [4.69, 9.17) is 9.31 Å². The van der Waals surface area contributed by atoms with Crippen molar-refractivity contribution in [2.75, 3.05) is 0 Å². The summed E-state index contributed by atoms with van der Waals surface area (Å²) < 4.78 is 11.6. The van der Waals surface area contributed by atoms with Gasteiger partial charge in [-0.2, -0.15) is 0 Å². The lowest BCUT2D eigenvalue weighted by molar-refractivity contribution is 0.489. The van der Waals surface area contributed by atoms with Crippen LogP contribution in [0.5, 0.6) is 11.5 Å². The number of fused-ring (bicyclic) bond motifs is 1. The fourth-order valence-electron chi connectivity index (χ4n) is 2.13. The Kier molecular flexibility index (Phi) is 3.42. The second-order valence-electron chi connectivity index (χ2n) is 4.57. The molecular formula is C13H19BO2. The molecule has 0 aromatic heterocycles. The van der Waals surface area contributed by atoms with Crippen LogP contribution in [0, 0.1) is 13.8 Å². The quantitative estimate of drug-likeness (QED) is 0.565. The van der Waals surface area contributed by atoms with Crippen molar-refractivity contribution in [3.63, 3.8) is 0 Å². The van der Waals surface area contributed by atoms with Crippen LogP contribution in [0.4, 0.5) is 0 Å². The molecule has 1 aromatic carbocycles. The maximum Gasteiger partial charge on any atom is 0.594 e. The first kappa shape index (κ1) is 11.4. The minimum Gasteiger partial charge on any atom is -0.523 e. The van der Waals surface area contributed by atoms with Crippen LogP contribution >= 0.6 is 0 Å². The van der Waals surface area contributed by atoms with E-state index in [0.29, 0.717) is 0 Å². The Morgan fingerprint density at radius 1 is 1.12 bits per heavy atom. The van der Waals surface area contributed by atoms with E-state index in [1.807, 2.05) is 0 Å². The lowest BCUT2D eigenvalue weighted by atomic mass is 9.82. The predicted molar refractivity (Wildman–Crippen MR) is 67.3 cm³/mol. The van der Waals surface area contributed by atoms with Crippen LogP contribution in [0.15, 0.2) is 12.1 Å². The molecule has 0 spiro atoms. The monoisotopic (exact) mass is 218 g/mol. The molecule has 0 amide bonds. The number of hydrogen-bond donors (Lipinski definition) is 0. The lowest BCUT2D eigenvalue weighted by Gasteiger charge is -2.04. The molecule has 1 aliphatic heterocycles. The average molecular weight is 218 g/mol. The zero-order valence-corrected chi connectivity index (χ0v) is 10.4. The Balaban J connectivity index is 2.01. The van der Waals surface area contributed by atoms with Crippen molar-refractivity contribution in [1.82, 2.24) is 0 Å². The summed E-state index contributed by atoms with van der Waals surface area (Å²) in [6.45, 7) is 6.36. The van der Waals surface area contributed by atoms with E-state index in [0.717, 1.165) is 17.8 Å². The van der Waals surface area contributed by atoms with Gasteiger partial charge >= 0.3 is 7.12 Å². The molecule has 86 valence electrons. The Labute approximate surface area is 98.1 Å². The zero-order chi connectivity index (χ0) is 11.5. The van der Waals surface area contributed by atoms with E-state index in [1.54, 1.807) is 0 Å². The smallest absolute Gasteiger partial charge is 0.523 e. The van der Waals surface area contributed by atoms with Crippen molar-refractivity contribution in [2.45, 2.75) is 46.4 Å². The molecule has 1 aromatic rings. The van der Waals surface area contributed by atoms with Crippen LogP contribution in [-0.4, -0.2) is 7.12 Å². The van der Waals surface area contributed by atoms with Gasteiger partial charge in [0.2, 0.25) is 0 Å². The van der Waals surface area contributed by atoms with E-state index in [9.17, 15) is 0 Å². The van der Waals surface area contributed by atoms with Crippen LogP contribution in [-0.2, 0) is 0 Å². The molecule has 1 aliphatic rings. The van der Waals surface area contributed by atoms with Gasteiger partial charge in [-0.25, -0.2) is 0 Å². The van der Waals surface area contributed by atoms with Crippen molar-refractivity contribution in [3.8, 4) is 11.5 Å². The summed E-state index contributed by atoms with van der Waals surface area (Å²) in [6, 6.07) is 4.19. The molecule has 0 radical (unpaired) electrons. The van der Waals surface area contributed by atoms with Gasteiger partial charge in [-0.05, 0) is 31.0 Å². The predicted octanol–water partition coefficient (Wildman–Crippen LogP) is 3.75. The second kappa shape index (κ2) is 4.81. The number of rotatable bonds is 4. The third kappa shape index (κ3) is 2.34. The highest BCUT2D eigenvalue weighted by Gasteiger charge is 2.32. The van der Waals surface area contributed by atoms with Crippen molar-refractivity contribution in [1.29, 1.82) is 0 Å². The maximum atomic E-state index is 5.82. The molecule has 1 heterocycles. The fraction of sp³-hybridized carbons (Fsp3) is 0.538. The molecule has 2 nitrogen and oxygen atoms in total. The highest BCUT2D eigenvalue weighted by atomic mass is 16.6. The van der Waals surface area contributed by atoms with Gasteiger partial charge < -0.3 is 9.31 Å². The summed E-state index contributed by atoms with van der Waals surface area (Å²) in [6.07, 6.45) is 4.64. The largest absolute Gasteiger partial charge is 0.594 e. The second-order valence-corrected chi connectivity index (χ2v) is 4.57. The molecule has 16 heavy (non-hydrogen) atoms. The topological polar surface area (TPSA) is 18.5 Å². The molecule has 3 heteroatoms. The van der Waals surface area contributed by atoms with Gasteiger partial charge in [-0.15, -0.1) is 0 Å².